The topological polar surface area (TPSA) is 108 Å². The van der Waals surface area contributed by atoms with Gasteiger partial charge in [-0.2, -0.15) is 11.8 Å². The zero-order valence-electron chi connectivity index (χ0n) is 32.3. The number of hydrogen-bond acceptors (Lipinski definition) is 8. The number of ether oxygens (including phenoxy) is 1. The highest BCUT2D eigenvalue weighted by Gasteiger charge is 2.42. The summed E-state index contributed by atoms with van der Waals surface area (Å²) in [6.07, 6.45) is 2.01. The molecule has 56 heavy (non-hydrogen) atoms. The molecule has 0 fully saturated rings. The molecule has 2 aromatic heterocycles. The molecule has 7 aromatic rings. The zero-order valence-corrected chi connectivity index (χ0v) is 33.1. The number of hydrogen-bond donors (Lipinski definition) is 1. The van der Waals surface area contributed by atoms with E-state index in [4.69, 9.17) is 20.0 Å². The van der Waals surface area contributed by atoms with Gasteiger partial charge in [0, 0.05) is 18.0 Å². The van der Waals surface area contributed by atoms with Crippen molar-refractivity contribution >= 4 is 17.7 Å². The van der Waals surface area contributed by atoms with E-state index in [0.29, 0.717) is 29.5 Å². The first kappa shape index (κ1) is 38.4. The number of tetrazole rings is 1. The summed E-state index contributed by atoms with van der Waals surface area (Å²) in [4.78, 5) is 18.4. The Hall–Kier alpha value is -5.84. The average Bonchev–Trinajstić information content (AvgIpc) is 3.85. The fourth-order valence-electron chi connectivity index (χ4n) is 7.37. The number of nitrogens with zero attached hydrogens (tertiary/aromatic N) is 6. The van der Waals surface area contributed by atoms with Gasteiger partial charge in [0.25, 0.3) is 0 Å². The highest BCUT2D eigenvalue weighted by atomic mass is 32.2. The minimum Gasteiger partial charge on any atom is -0.461 e. The fraction of sp³-hybridized carbons (Fsp3) is 0.239. The molecule has 0 aliphatic rings. The zero-order chi connectivity index (χ0) is 39.3. The molecule has 1 atom stereocenters. The summed E-state index contributed by atoms with van der Waals surface area (Å²) in [5, 5.41) is 24.8. The molecule has 1 N–H and O–H groups in total. The molecule has 9 nitrogen and oxygen atoms in total. The number of imidazole rings is 1. The first-order valence-corrected chi connectivity index (χ1v) is 20.2. The van der Waals surface area contributed by atoms with Gasteiger partial charge < -0.3 is 14.4 Å². The van der Waals surface area contributed by atoms with Gasteiger partial charge in [-0.3, -0.25) is 0 Å². The second kappa shape index (κ2) is 16.5. The van der Waals surface area contributed by atoms with Crippen molar-refractivity contribution in [2.75, 3.05) is 12.9 Å². The SMILES string of the molecule is CCOC(=O)c1c(C(C)C(C)(C)O)nc(CSC)n1Cc1ccc(-c2ccccc2-c2nnnn2C(c2ccccc2)(c2ccccc2)c2ccccc2)cc1. The first-order chi connectivity index (χ1) is 27.2. The number of aromatic nitrogens is 6. The van der Waals surface area contributed by atoms with Gasteiger partial charge in [-0.25, -0.2) is 14.5 Å². The molecular weight excluding hydrogens is 717 g/mol. The lowest BCUT2D eigenvalue weighted by molar-refractivity contribution is 0.0477. The van der Waals surface area contributed by atoms with Crippen LogP contribution in [0.15, 0.2) is 140 Å². The third-order valence-corrected chi connectivity index (χ3v) is 11.0. The molecule has 284 valence electrons. The number of carbonyl (C=O) groups is 1. The summed E-state index contributed by atoms with van der Waals surface area (Å²) in [5.41, 5.74) is 5.83. The largest absolute Gasteiger partial charge is 0.461 e. The van der Waals surface area contributed by atoms with Crippen LogP contribution >= 0.6 is 11.8 Å². The molecule has 5 aromatic carbocycles. The Balaban J connectivity index is 1.33. The van der Waals surface area contributed by atoms with Crippen LogP contribution < -0.4 is 0 Å². The van der Waals surface area contributed by atoms with E-state index < -0.39 is 23.0 Å². The number of aliphatic hydroxyl groups is 1. The number of rotatable bonds is 14. The lowest BCUT2D eigenvalue weighted by atomic mass is 9.77. The summed E-state index contributed by atoms with van der Waals surface area (Å²) in [7, 11) is 0. The predicted molar refractivity (Wildman–Crippen MR) is 223 cm³/mol. The van der Waals surface area contributed by atoms with E-state index in [1.807, 2.05) is 89.2 Å². The van der Waals surface area contributed by atoms with Crippen molar-refractivity contribution in [2.45, 2.75) is 57.1 Å². The quantitative estimate of drug-likeness (QED) is 0.0865. The monoisotopic (exact) mass is 762 g/mol. The van der Waals surface area contributed by atoms with Crippen LogP contribution in [0.2, 0.25) is 0 Å². The van der Waals surface area contributed by atoms with Crippen molar-refractivity contribution in [2.24, 2.45) is 0 Å². The van der Waals surface area contributed by atoms with Crippen molar-refractivity contribution in [1.82, 2.24) is 29.8 Å². The van der Waals surface area contributed by atoms with Gasteiger partial charge in [0.05, 0.1) is 23.7 Å². The number of carbonyl (C=O) groups excluding carboxylic acids is 1. The van der Waals surface area contributed by atoms with Crippen molar-refractivity contribution in [1.29, 1.82) is 0 Å². The molecule has 1 unspecified atom stereocenters. The van der Waals surface area contributed by atoms with E-state index in [1.54, 1.807) is 32.5 Å². The van der Waals surface area contributed by atoms with Crippen LogP contribution in [0.25, 0.3) is 22.5 Å². The van der Waals surface area contributed by atoms with E-state index in [1.165, 1.54) is 0 Å². The molecule has 0 radical (unpaired) electrons. The Bertz CT molecular complexity index is 2290. The summed E-state index contributed by atoms with van der Waals surface area (Å²) < 4.78 is 9.44. The van der Waals surface area contributed by atoms with Gasteiger partial charge in [-0.05, 0) is 70.8 Å². The summed E-state index contributed by atoms with van der Waals surface area (Å²) in [5.74, 6) is 1.13. The van der Waals surface area contributed by atoms with Crippen LogP contribution in [0, 0.1) is 0 Å². The third-order valence-electron chi connectivity index (χ3n) is 10.4. The minimum absolute atomic E-state index is 0.235. The molecule has 0 saturated carbocycles. The van der Waals surface area contributed by atoms with Gasteiger partial charge in [-0.15, -0.1) is 5.10 Å². The number of esters is 1. The molecule has 0 bridgehead atoms. The lowest BCUT2D eigenvalue weighted by Gasteiger charge is -2.36. The predicted octanol–water partition coefficient (Wildman–Crippen LogP) is 9.01. The molecule has 0 aliphatic heterocycles. The minimum atomic E-state index is -1.09. The van der Waals surface area contributed by atoms with Crippen molar-refractivity contribution in [3.8, 4) is 22.5 Å². The number of thioether (sulfide) groups is 1. The van der Waals surface area contributed by atoms with Crippen LogP contribution in [0.5, 0.6) is 0 Å². The van der Waals surface area contributed by atoms with Gasteiger partial charge in [-0.1, -0.05) is 146 Å². The summed E-state index contributed by atoms with van der Waals surface area (Å²) >= 11 is 1.63. The van der Waals surface area contributed by atoms with Gasteiger partial charge in [0.2, 0.25) is 0 Å². The molecular formula is C46H46N6O3S. The van der Waals surface area contributed by atoms with E-state index in [9.17, 15) is 9.90 Å². The Morgan fingerprint density at radius 2 is 1.32 bits per heavy atom. The lowest BCUT2D eigenvalue weighted by Crippen LogP contribution is -2.39. The van der Waals surface area contributed by atoms with Crippen LogP contribution in [0.4, 0.5) is 0 Å². The van der Waals surface area contributed by atoms with Crippen molar-refractivity contribution < 1.29 is 14.6 Å². The maximum atomic E-state index is 13.5. The second-order valence-electron chi connectivity index (χ2n) is 14.3. The maximum absolute atomic E-state index is 13.5. The van der Waals surface area contributed by atoms with Gasteiger partial charge >= 0.3 is 5.97 Å². The van der Waals surface area contributed by atoms with Crippen molar-refractivity contribution in [3.63, 3.8) is 0 Å². The molecule has 2 heterocycles. The Morgan fingerprint density at radius 3 is 1.84 bits per heavy atom. The Kier molecular flexibility index (Phi) is 11.3. The second-order valence-corrected chi connectivity index (χ2v) is 15.2. The molecule has 0 spiro atoms. The Morgan fingerprint density at radius 1 is 0.786 bits per heavy atom. The van der Waals surface area contributed by atoms with Gasteiger partial charge in [0.15, 0.2) is 11.5 Å². The standard InChI is InChI=1S/C46H46N6O3S/c1-6-55-44(53)42-41(32(2)45(3,4)54)47-40(31-56-5)51(42)30-33-26-28-34(29-27-33)38-24-16-17-25-39(38)43-48-49-50-52(43)46(35-18-10-7-11-19-35,36-20-12-8-13-21-36)37-22-14-9-15-23-37/h7-29,32,54H,6,30-31H2,1-5H3. The third kappa shape index (κ3) is 7.30. The van der Waals surface area contributed by atoms with E-state index in [2.05, 4.69) is 78.0 Å². The Labute approximate surface area is 332 Å². The number of benzene rings is 5. The summed E-state index contributed by atoms with van der Waals surface area (Å²) in [6, 6.07) is 47.7. The van der Waals surface area contributed by atoms with Crippen molar-refractivity contribution in [3.05, 3.63) is 179 Å². The highest BCUT2D eigenvalue weighted by molar-refractivity contribution is 7.97. The first-order valence-electron chi connectivity index (χ1n) is 18.8. The van der Waals surface area contributed by atoms with Crippen LogP contribution in [-0.2, 0) is 22.6 Å². The summed E-state index contributed by atoms with van der Waals surface area (Å²) in [6.45, 7) is 7.80. The van der Waals surface area contributed by atoms with Crippen LogP contribution in [0.1, 0.15) is 77.9 Å². The molecule has 0 aliphatic carbocycles. The van der Waals surface area contributed by atoms with Crippen LogP contribution in [0.3, 0.4) is 0 Å². The molecule has 10 heteroatoms. The van der Waals surface area contributed by atoms with E-state index in [-0.39, 0.29) is 6.61 Å². The van der Waals surface area contributed by atoms with Crippen LogP contribution in [-0.4, -0.2) is 59.3 Å². The molecule has 0 amide bonds. The smallest absolute Gasteiger partial charge is 0.356 e. The van der Waals surface area contributed by atoms with Gasteiger partial charge in [0.1, 0.15) is 11.4 Å². The fourth-order valence-corrected chi connectivity index (χ4v) is 7.85. The average molecular weight is 763 g/mol. The highest BCUT2D eigenvalue weighted by Crippen LogP contribution is 2.43. The van der Waals surface area contributed by atoms with E-state index >= 15 is 0 Å². The normalized spacial score (nSPS) is 12.4. The van der Waals surface area contributed by atoms with E-state index in [0.717, 1.165) is 44.8 Å². The molecule has 0 saturated heterocycles. The maximum Gasteiger partial charge on any atom is 0.356 e. The molecule has 7 rings (SSSR count).